The van der Waals surface area contributed by atoms with Gasteiger partial charge in [0.15, 0.2) is 0 Å². The Balaban J connectivity index is 0.000000429. The van der Waals surface area contributed by atoms with Crippen LogP contribution in [0.2, 0.25) is 0 Å². The third-order valence-corrected chi connectivity index (χ3v) is 5.47. The van der Waals surface area contributed by atoms with E-state index in [1.54, 1.807) is 6.07 Å². The van der Waals surface area contributed by atoms with E-state index in [9.17, 15) is 31.6 Å². The topological polar surface area (TPSA) is 93.4 Å². The molecule has 188 valence electrons. The van der Waals surface area contributed by atoms with Gasteiger partial charge >= 0.3 is 18.3 Å². The van der Waals surface area contributed by atoms with Crippen LogP contribution in [0, 0.1) is 17.2 Å². The van der Waals surface area contributed by atoms with E-state index < -0.39 is 23.9 Å². The number of aromatic nitrogens is 2. The first-order valence-corrected chi connectivity index (χ1v) is 10.6. The Bertz CT molecular complexity index is 1070. The summed E-state index contributed by atoms with van der Waals surface area (Å²) in [6.07, 6.45) is -6.81. The van der Waals surface area contributed by atoms with Crippen LogP contribution in [0.1, 0.15) is 24.2 Å². The highest BCUT2D eigenvalue weighted by atomic mass is 19.4. The first-order valence-electron chi connectivity index (χ1n) is 10.6. The van der Waals surface area contributed by atoms with Crippen molar-refractivity contribution in [1.29, 1.82) is 5.26 Å². The molecule has 0 spiro atoms. The summed E-state index contributed by atoms with van der Waals surface area (Å²) in [5.74, 6) is -1.24. The van der Waals surface area contributed by atoms with Crippen molar-refractivity contribution in [1.82, 2.24) is 14.9 Å². The molecule has 13 heteroatoms. The molecule has 2 fully saturated rings. The van der Waals surface area contributed by atoms with E-state index in [-0.39, 0.29) is 5.82 Å². The maximum Gasteiger partial charge on any atom is 0.490 e. The molecule has 4 rings (SSSR count). The molecule has 1 saturated carbocycles. The molecule has 7 nitrogen and oxygen atoms in total. The molecule has 1 aliphatic carbocycles. The van der Waals surface area contributed by atoms with Crippen molar-refractivity contribution in [3.8, 4) is 17.3 Å². The predicted octanol–water partition coefficient (Wildman–Crippen LogP) is 4.20. The number of aliphatic carboxylic acids is 1. The first-order chi connectivity index (χ1) is 16.4. The number of piperazine rings is 1. The number of carbonyl (C=O) groups is 1. The van der Waals surface area contributed by atoms with Crippen LogP contribution in [-0.4, -0.2) is 64.8 Å². The lowest BCUT2D eigenvalue weighted by Gasteiger charge is -2.35. The smallest absolute Gasteiger partial charge is 0.475 e. The highest BCUT2D eigenvalue weighted by molar-refractivity contribution is 5.73. The Kier molecular flexibility index (Phi) is 7.84. The van der Waals surface area contributed by atoms with Crippen molar-refractivity contribution in [2.24, 2.45) is 5.92 Å². The summed E-state index contributed by atoms with van der Waals surface area (Å²) in [4.78, 5) is 22.0. The zero-order valence-electron chi connectivity index (χ0n) is 18.3. The molecule has 35 heavy (non-hydrogen) atoms. The number of hydrogen-bond acceptors (Lipinski definition) is 6. The number of nitrogens with zero attached hydrogens (tertiary/aromatic N) is 5. The second kappa shape index (κ2) is 10.5. The molecular weight excluding hydrogens is 480 g/mol. The SMILES string of the molecule is N#Cc1nc(-c2ccc(C(F)(F)F)cc2)cc(N2CCN(CC3CC3)CC2)n1.O=C(O)C(F)(F)F. The fraction of sp³-hybridized carbons (Fsp3) is 0.455. The Morgan fingerprint density at radius 1 is 1.03 bits per heavy atom. The second-order valence-corrected chi connectivity index (χ2v) is 8.16. The van der Waals surface area contributed by atoms with Crippen LogP contribution in [0.15, 0.2) is 30.3 Å². The van der Waals surface area contributed by atoms with Gasteiger partial charge < -0.3 is 10.0 Å². The number of anilines is 1. The number of halogens is 6. The third kappa shape index (κ3) is 7.54. The summed E-state index contributed by atoms with van der Waals surface area (Å²) in [6.45, 7) is 4.65. The van der Waals surface area contributed by atoms with Gasteiger partial charge in [0.25, 0.3) is 0 Å². The van der Waals surface area contributed by atoms with Gasteiger partial charge in [0.2, 0.25) is 5.82 Å². The van der Waals surface area contributed by atoms with Crippen LogP contribution in [0.3, 0.4) is 0 Å². The van der Waals surface area contributed by atoms with E-state index in [1.807, 2.05) is 6.07 Å². The predicted molar refractivity (Wildman–Crippen MR) is 112 cm³/mol. The summed E-state index contributed by atoms with van der Waals surface area (Å²) in [7, 11) is 0. The highest BCUT2D eigenvalue weighted by Crippen LogP contribution is 2.32. The molecule has 1 saturated heterocycles. The normalized spacial score (nSPS) is 16.8. The van der Waals surface area contributed by atoms with Crippen molar-refractivity contribution in [2.75, 3.05) is 37.6 Å². The fourth-order valence-corrected chi connectivity index (χ4v) is 3.45. The van der Waals surface area contributed by atoms with Gasteiger partial charge in [0.1, 0.15) is 11.9 Å². The standard InChI is InChI=1S/C20H20F3N5.C2HF3O2/c21-20(22,23)16-5-3-15(4-6-16)17-11-19(26-18(12-24)25-17)28-9-7-27(8-10-28)13-14-1-2-14;3-2(4,5)1(6)7/h3-6,11,14H,1-2,7-10,13H2;(H,6,7). The lowest BCUT2D eigenvalue weighted by atomic mass is 10.1. The molecule has 0 amide bonds. The van der Waals surface area contributed by atoms with E-state index in [1.165, 1.54) is 25.0 Å². The Hall–Kier alpha value is -3.40. The van der Waals surface area contributed by atoms with Gasteiger partial charge in [-0.1, -0.05) is 12.1 Å². The molecule has 2 aliphatic rings. The van der Waals surface area contributed by atoms with Crippen LogP contribution in [0.5, 0.6) is 0 Å². The van der Waals surface area contributed by atoms with E-state index in [0.29, 0.717) is 17.1 Å². The van der Waals surface area contributed by atoms with Gasteiger partial charge in [-0.2, -0.15) is 31.6 Å². The molecule has 2 heterocycles. The van der Waals surface area contributed by atoms with Crippen molar-refractivity contribution in [3.63, 3.8) is 0 Å². The summed E-state index contributed by atoms with van der Waals surface area (Å²) in [5.41, 5.74) is 0.272. The van der Waals surface area contributed by atoms with Gasteiger partial charge in [-0.25, -0.2) is 14.8 Å². The minimum atomic E-state index is -5.08. The number of benzene rings is 1. The van der Waals surface area contributed by atoms with Gasteiger partial charge in [0.05, 0.1) is 11.3 Å². The first kappa shape index (κ1) is 26.2. The summed E-state index contributed by atoms with van der Waals surface area (Å²) in [6, 6.07) is 8.52. The number of carboxylic acid groups (broad SMARTS) is 1. The van der Waals surface area contributed by atoms with Gasteiger partial charge in [-0.05, 0) is 30.9 Å². The van der Waals surface area contributed by atoms with E-state index in [0.717, 1.165) is 50.8 Å². The van der Waals surface area contributed by atoms with Crippen LogP contribution >= 0.6 is 0 Å². The number of rotatable bonds is 4. The van der Waals surface area contributed by atoms with E-state index >= 15 is 0 Å². The fourth-order valence-electron chi connectivity index (χ4n) is 3.45. The minimum Gasteiger partial charge on any atom is -0.475 e. The van der Waals surface area contributed by atoms with Crippen LogP contribution in [-0.2, 0) is 11.0 Å². The number of nitriles is 1. The van der Waals surface area contributed by atoms with E-state index in [2.05, 4.69) is 19.8 Å². The molecule has 2 aromatic rings. The average Bonchev–Trinajstić information content (AvgIpc) is 3.62. The number of carboxylic acids is 1. The Morgan fingerprint density at radius 3 is 2.06 bits per heavy atom. The van der Waals surface area contributed by atoms with Crippen LogP contribution in [0.4, 0.5) is 32.2 Å². The number of hydrogen-bond donors (Lipinski definition) is 1. The van der Waals surface area contributed by atoms with Crippen molar-refractivity contribution < 1.29 is 36.2 Å². The van der Waals surface area contributed by atoms with Crippen LogP contribution in [0.25, 0.3) is 11.3 Å². The highest BCUT2D eigenvalue weighted by Gasteiger charge is 2.38. The monoisotopic (exact) mass is 501 g/mol. The molecule has 0 unspecified atom stereocenters. The summed E-state index contributed by atoms with van der Waals surface area (Å²) in [5, 5.41) is 16.4. The van der Waals surface area contributed by atoms with Crippen LogP contribution < -0.4 is 4.90 Å². The lowest BCUT2D eigenvalue weighted by molar-refractivity contribution is -0.192. The van der Waals surface area contributed by atoms with Crippen molar-refractivity contribution >= 4 is 11.8 Å². The van der Waals surface area contributed by atoms with Gasteiger partial charge in [-0.15, -0.1) is 0 Å². The molecule has 0 radical (unpaired) electrons. The lowest BCUT2D eigenvalue weighted by Crippen LogP contribution is -2.47. The second-order valence-electron chi connectivity index (χ2n) is 8.16. The van der Waals surface area contributed by atoms with Gasteiger partial charge in [0, 0.05) is 44.4 Å². The molecule has 1 aromatic carbocycles. The maximum absolute atomic E-state index is 12.8. The zero-order valence-corrected chi connectivity index (χ0v) is 18.3. The molecule has 0 bridgehead atoms. The largest absolute Gasteiger partial charge is 0.490 e. The zero-order chi connectivity index (χ0) is 25.8. The van der Waals surface area contributed by atoms with Crippen molar-refractivity contribution in [2.45, 2.75) is 25.2 Å². The van der Waals surface area contributed by atoms with Crippen molar-refractivity contribution in [3.05, 3.63) is 41.7 Å². The van der Waals surface area contributed by atoms with Gasteiger partial charge in [-0.3, -0.25) is 4.90 Å². The summed E-state index contributed by atoms with van der Waals surface area (Å²) >= 11 is 0. The summed E-state index contributed by atoms with van der Waals surface area (Å²) < 4.78 is 70.1. The molecule has 1 N–H and O–H groups in total. The van der Waals surface area contributed by atoms with E-state index in [4.69, 9.17) is 9.90 Å². The number of alkyl halides is 6. The molecule has 1 aliphatic heterocycles. The molecular formula is C22H21F6N5O2. The Labute approximate surface area is 196 Å². The molecule has 0 atom stereocenters. The maximum atomic E-state index is 12.8. The third-order valence-electron chi connectivity index (χ3n) is 5.47. The quantitative estimate of drug-likeness (QED) is 0.628. The Morgan fingerprint density at radius 2 is 1.60 bits per heavy atom. The minimum absolute atomic E-state index is 0.0211. The molecule has 1 aromatic heterocycles. The average molecular weight is 501 g/mol.